The first kappa shape index (κ1) is 15.8. The third kappa shape index (κ3) is 3.34. The molecule has 0 unspecified atom stereocenters. The summed E-state index contributed by atoms with van der Waals surface area (Å²) in [5.74, 6) is 0.458. The maximum absolute atomic E-state index is 12.5. The summed E-state index contributed by atoms with van der Waals surface area (Å²) in [7, 11) is -1.90. The average molecular weight is 318 g/mol. The van der Waals surface area contributed by atoms with E-state index in [-0.39, 0.29) is 11.5 Å². The molecule has 0 bridgehead atoms. The topological polar surface area (TPSA) is 57.6 Å². The summed E-state index contributed by atoms with van der Waals surface area (Å²) < 4.78 is 26.4. The number of halogens is 1. The van der Waals surface area contributed by atoms with Gasteiger partial charge in [0.2, 0.25) is 10.0 Å². The molecule has 1 N–H and O–H groups in total. The van der Waals surface area contributed by atoms with E-state index in [1.54, 1.807) is 7.05 Å². The lowest BCUT2D eigenvalue weighted by Gasteiger charge is -2.21. The average Bonchev–Trinajstić information content (AvgIpc) is 2.91. The van der Waals surface area contributed by atoms with Gasteiger partial charge >= 0.3 is 0 Å². The van der Waals surface area contributed by atoms with Gasteiger partial charge in [-0.2, -0.15) is 0 Å². The molecular formula is C14H20ClNO3S. The van der Waals surface area contributed by atoms with Crippen molar-refractivity contribution in [1.29, 1.82) is 0 Å². The zero-order valence-corrected chi connectivity index (χ0v) is 13.1. The van der Waals surface area contributed by atoms with Gasteiger partial charge in [0, 0.05) is 18.6 Å². The number of benzene rings is 1. The third-order valence-electron chi connectivity index (χ3n) is 3.89. The first-order chi connectivity index (χ1) is 9.45. The molecule has 0 aliphatic heterocycles. The Bertz CT molecular complexity index is 568. The van der Waals surface area contributed by atoms with Crippen molar-refractivity contribution < 1.29 is 13.5 Å². The molecule has 1 aliphatic rings. The van der Waals surface area contributed by atoms with Crippen molar-refractivity contribution in [3.05, 3.63) is 28.8 Å². The Labute approximate surface area is 125 Å². The molecule has 0 amide bonds. The Balaban J connectivity index is 2.20. The number of aliphatic hydroxyl groups is 1. The predicted molar refractivity (Wildman–Crippen MR) is 79.1 cm³/mol. The molecule has 0 atom stereocenters. The zero-order valence-electron chi connectivity index (χ0n) is 11.5. The molecule has 0 spiro atoms. The molecule has 1 aromatic carbocycles. The Kier molecular flexibility index (Phi) is 5.07. The molecule has 0 heterocycles. The van der Waals surface area contributed by atoms with Crippen molar-refractivity contribution in [2.75, 3.05) is 13.6 Å². The maximum Gasteiger partial charge on any atom is 0.242 e. The van der Waals surface area contributed by atoms with Crippen molar-refractivity contribution >= 4 is 21.6 Å². The fraction of sp³-hybridized carbons (Fsp3) is 0.571. The largest absolute Gasteiger partial charge is 0.392 e. The van der Waals surface area contributed by atoms with Crippen molar-refractivity contribution in [1.82, 2.24) is 4.31 Å². The minimum absolute atomic E-state index is 0.187. The summed E-state index contributed by atoms with van der Waals surface area (Å²) in [4.78, 5) is 0.187. The Morgan fingerprint density at radius 3 is 2.60 bits per heavy atom. The SMILES string of the molecule is CN(CC1CCCC1)S(=O)(=O)c1ccc(Cl)c(CO)c1. The van der Waals surface area contributed by atoms with Gasteiger partial charge in [-0.1, -0.05) is 24.4 Å². The predicted octanol–water partition coefficient (Wildman–Crippen LogP) is 2.64. The number of aliphatic hydroxyl groups excluding tert-OH is 1. The summed E-state index contributed by atoms with van der Waals surface area (Å²) in [6, 6.07) is 4.45. The lowest BCUT2D eigenvalue weighted by Crippen LogP contribution is -2.31. The molecule has 2 rings (SSSR count). The highest BCUT2D eigenvalue weighted by Gasteiger charge is 2.25. The first-order valence-electron chi connectivity index (χ1n) is 6.81. The van der Waals surface area contributed by atoms with Crippen molar-refractivity contribution in [2.45, 2.75) is 37.2 Å². The minimum atomic E-state index is -3.51. The molecular weight excluding hydrogens is 298 g/mol. The van der Waals surface area contributed by atoms with Crippen LogP contribution in [0.4, 0.5) is 0 Å². The van der Waals surface area contributed by atoms with Crippen LogP contribution < -0.4 is 0 Å². The van der Waals surface area contributed by atoms with Gasteiger partial charge in [-0.05, 0) is 42.5 Å². The van der Waals surface area contributed by atoms with Crippen molar-refractivity contribution in [2.24, 2.45) is 5.92 Å². The van der Waals surface area contributed by atoms with Gasteiger partial charge in [0.05, 0.1) is 11.5 Å². The van der Waals surface area contributed by atoms with Crippen LogP contribution in [0.15, 0.2) is 23.1 Å². The number of sulfonamides is 1. The molecule has 1 saturated carbocycles. The van der Waals surface area contributed by atoms with Gasteiger partial charge < -0.3 is 5.11 Å². The van der Waals surface area contributed by atoms with E-state index in [1.165, 1.54) is 35.3 Å². The summed E-state index contributed by atoms with van der Waals surface area (Å²) in [6.07, 6.45) is 4.58. The quantitative estimate of drug-likeness (QED) is 0.908. The summed E-state index contributed by atoms with van der Waals surface area (Å²) in [5.41, 5.74) is 0.432. The van der Waals surface area contributed by atoms with E-state index in [4.69, 9.17) is 11.6 Å². The summed E-state index contributed by atoms with van der Waals surface area (Å²) >= 11 is 5.90. The van der Waals surface area contributed by atoms with Crippen LogP contribution >= 0.6 is 11.6 Å². The van der Waals surface area contributed by atoms with Crippen LogP contribution in [0.25, 0.3) is 0 Å². The van der Waals surface area contributed by atoms with E-state index in [0.29, 0.717) is 23.0 Å². The first-order valence-corrected chi connectivity index (χ1v) is 8.62. The lowest BCUT2D eigenvalue weighted by atomic mass is 10.1. The molecule has 0 radical (unpaired) electrons. The van der Waals surface area contributed by atoms with Crippen molar-refractivity contribution in [3.63, 3.8) is 0 Å². The Hall–Kier alpha value is -0.620. The van der Waals surface area contributed by atoms with Gasteiger partial charge in [-0.25, -0.2) is 12.7 Å². The number of hydrogen-bond donors (Lipinski definition) is 1. The smallest absolute Gasteiger partial charge is 0.242 e. The van der Waals surface area contributed by atoms with Gasteiger partial charge in [-0.15, -0.1) is 0 Å². The van der Waals surface area contributed by atoms with E-state index in [2.05, 4.69) is 0 Å². The van der Waals surface area contributed by atoms with Gasteiger partial charge in [0.15, 0.2) is 0 Å². The van der Waals surface area contributed by atoms with Crippen LogP contribution in [-0.4, -0.2) is 31.4 Å². The summed E-state index contributed by atoms with van der Waals surface area (Å²) in [5, 5.41) is 9.56. The van der Waals surface area contributed by atoms with E-state index in [1.807, 2.05) is 0 Å². The van der Waals surface area contributed by atoms with E-state index >= 15 is 0 Å². The molecule has 1 aliphatic carbocycles. The molecule has 0 saturated heterocycles. The molecule has 0 aromatic heterocycles. The number of rotatable bonds is 5. The molecule has 112 valence electrons. The van der Waals surface area contributed by atoms with Gasteiger partial charge in [0.1, 0.15) is 0 Å². The number of hydrogen-bond acceptors (Lipinski definition) is 3. The third-order valence-corrected chi connectivity index (χ3v) is 6.07. The standard InChI is InChI=1S/C14H20ClNO3S/c1-16(9-11-4-2-3-5-11)20(18,19)13-6-7-14(15)12(8-13)10-17/h6-8,11,17H,2-5,9-10H2,1H3. The van der Waals surface area contributed by atoms with Crippen LogP contribution in [0.5, 0.6) is 0 Å². The Morgan fingerprint density at radius 2 is 2.00 bits per heavy atom. The van der Waals surface area contributed by atoms with E-state index < -0.39 is 10.0 Å². The number of nitrogens with zero attached hydrogens (tertiary/aromatic N) is 1. The van der Waals surface area contributed by atoms with E-state index in [9.17, 15) is 13.5 Å². The van der Waals surface area contributed by atoms with Crippen LogP contribution in [0.1, 0.15) is 31.2 Å². The van der Waals surface area contributed by atoms with Crippen LogP contribution in [-0.2, 0) is 16.6 Å². The lowest BCUT2D eigenvalue weighted by molar-refractivity contribution is 0.281. The van der Waals surface area contributed by atoms with Crippen LogP contribution in [0.3, 0.4) is 0 Å². The minimum Gasteiger partial charge on any atom is -0.392 e. The molecule has 6 heteroatoms. The second-order valence-corrected chi connectivity index (χ2v) is 7.80. The van der Waals surface area contributed by atoms with Gasteiger partial charge in [-0.3, -0.25) is 0 Å². The molecule has 1 aromatic rings. The zero-order chi connectivity index (χ0) is 14.8. The highest BCUT2D eigenvalue weighted by atomic mass is 35.5. The fourth-order valence-electron chi connectivity index (χ4n) is 2.67. The van der Waals surface area contributed by atoms with E-state index in [0.717, 1.165) is 12.8 Å². The maximum atomic E-state index is 12.5. The summed E-state index contributed by atoms with van der Waals surface area (Å²) in [6.45, 7) is 0.286. The van der Waals surface area contributed by atoms with Crippen LogP contribution in [0, 0.1) is 5.92 Å². The van der Waals surface area contributed by atoms with Crippen LogP contribution in [0.2, 0.25) is 5.02 Å². The second kappa shape index (κ2) is 6.43. The fourth-order valence-corrected chi connectivity index (χ4v) is 4.14. The molecule has 4 nitrogen and oxygen atoms in total. The van der Waals surface area contributed by atoms with Gasteiger partial charge in [0.25, 0.3) is 0 Å². The monoisotopic (exact) mass is 317 g/mol. The second-order valence-electron chi connectivity index (χ2n) is 5.35. The molecule has 20 heavy (non-hydrogen) atoms. The Morgan fingerprint density at radius 1 is 1.35 bits per heavy atom. The normalized spacial score (nSPS) is 17.0. The highest BCUT2D eigenvalue weighted by molar-refractivity contribution is 7.89. The molecule has 1 fully saturated rings. The van der Waals surface area contributed by atoms with Crippen molar-refractivity contribution in [3.8, 4) is 0 Å². The highest BCUT2D eigenvalue weighted by Crippen LogP contribution is 2.28.